The van der Waals surface area contributed by atoms with Gasteiger partial charge in [0.05, 0.1) is 12.7 Å². The van der Waals surface area contributed by atoms with E-state index in [0.29, 0.717) is 6.54 Å². The Hall–Kier alpha value is -0.900. The molecule has 1 atom stereocenters. The maximum Gasteiger partial charge on any atom is 0.0802 e. The summed E-state index contributed by atoms with van der Waals surface area (Å²) in [5.41, 5.74) is 2.45. The van der Waals surface area contributed by atoms with E-state index in [-0.39, 0.29) is 6.61 Å². The van der Waals surface area contributed by atoms with Crippen molar-refractivity contribution in [1.29, 1.82) is 0 Å². The van der Waals surface area contributed by atoms with Gasteiger partial charge in [-0.15, -0.1) is 0 Å². The lowest BCUT2D eigenvalue weighted by Gasteiger charge is -2.23. The molecule has 0 amide bonds. The summed E-state index contributed by atoms with van der Waals surface area (Å²) in [7, 11) is 0. The summed E-state index contributed by atoms with van der Waals surface area (Å²) in [6, 6.07) is 8.60. The molecule has 0 spiro atoms. The highest BCUT2D eigenvalue weighted by atomic mass is 16.3. The molecular formula is C19H31NO2. The second kappa shape index (κ2) is 9.29. The van der Waals surface area contributed by atoms with E-state index in [4.69, 9.17) is 5.11 Å². The summed E-state index contributed by atoms with van der Waals surface area (Å²) < 4.78 is 0. The molecule has 3 heteroatoms. The number of nitrogens with zero attached hydrogens (tertiary/aromatic N) is 1. The summed E-state index contributed by atoms with van der Waals surface area (Å²) >= 11 is 0. The molecule has 2 rings (SSSR count). The molecular weight excluding hydrogens is 274 g/mol. The highest BCUT2D eigenvalue weighted by Crippen LogP contribution is 2.33. The van der Waals surface area contributed by atoms with Crippen molar-refractivity contribution < 1.29 is 10.2 Å². The summed E-state index contributed by atoms with van der Waals surface area (Å²) in [5.74, 6) is 0.722. The predicted molar refractivity (Wildman–Crippen MR) is 91.0 cm³/mol. The van der Waals surface area contributed by atoms with Crippen LogP contribution in [-0.4, -0.2) is 41.4 Å². The van der Waals surface area contributed by atoms with Gasteiger partial charge in [0.25, 0.3) is 0 Å². The second-order valence-corrected chi connectivity index (χ2v) is 6.46. The molecule has 0 heterocycles. The minimum Gasteiger partial charge on any atom is -0.395 e. The van der Waals surface area contributed by atoms with Crippen molar-refractivity contribution in [2.24, 2.45) is 0 Å². The molecule has 1 aliphatic carbocycles. The fourth-order valence-electron chi connectivity index (χ4n) is 3.47. The molecule has 1 aromatic carbocycles. The van der Waals surface area contributed by atoms with Crippen LogP contribution in [0.1, 0.15) is 68.6 Å². The van der Waals surface area contributed by atoms with Crippen LogP contribution >= 0.6 is 0 Å². The Kier molecular flexibility index (Phi) is 7.37. The molecule has 1 unspecified atom stereocenters. The zero-order valence-corrected chi connectivity index (χ0v) is 13.9. The predicted octanol–water partition coefficient (Wildman–Crippen LogP) is 3.47. The van der Waals surface area contributed by atoms with Gasteiger partial charge in [-0.2, -0.15) is 0 Å². The van der Waals surface area contributed by atoms with Crippen molar-refractivity contribution in [2.75, 3.05) is 26.2 Å². The van der Waals surface area contributed by atoms with Gasteiger partial charge in [0.2, 0.25) is 0 Å². The molecule has 3 nitrogen and oxygen atoms in total. The fraction of sp³-hybridized carbons (Fsp3) is 0.684. The molecule has 0 aromatic heterocycles. The monoisotopic (exact) mass is 305 g/mol. The Morgan fingerprint density at radius 3 is 2.36 bits per heavy atom. The van der Waals surface area contributed by atoms with Crippen LogP contribution in [0.15, 0.2) is 24.3 Å². The average molecular weight is 305 g/mol. The van der Waals surface area contributed by atoms with Gasteiger partial charge in [-0.05, 0) is 42.9 Å². The van der Waals surface area contributed by atoms with Crippen LogP contribution in [0.4, 0.5) is 0 Å². The first-order valence-electron chi connectivity index (χ1n) is 8.85. The van der Waals surface area contributed by atoms with Crippen molar-refractivity contribution in [3.05, 3.63) is 35.4 Å². The molecule has 1 fully saturated rings. The van der Waals surface area contributed by atoms with Gasteiger partial charge in [0.1, 0.15) is 0 Å². The molecule has 2 N–H and O–H groups in total. The zero-order valence-electron chi connectivity index (χ0n) is 13.9. The lowest BCUT2D eigenvalue weighted by Crippen LogP contribution is -2.28. The van der Waals surface area contributed by atoms with Gasteiger partial charge in [0.15, 0.2) is 0 Å². The topological polar surface area (TPSA) is 43.7 Å². The highest BCUT2D eigenvalue weighted by Gasteiger charge is 2.16. The Balaban J connectivity index is 1.86. The van der Waals surface area contributed by atoms with Crippen LogP contribution in [-0.2, 0) is 0 Å². The Labute approximate surface area is 135 Å². The lowest BCUT2D eigenvalue weighted by atomic mass is 9.84. The van der Waals surface area contributed by atoms with Gasteiger partial charge in [-0.3, -0.25) is 0 Å². The number of aliphatic hydroxyl groups is 2. The van der Waals surface area contributed by atoms with Crippen molar-refractivity contribution in [1.82, 2.24) is 4.90 Å². The van der Waals surface area contributed by atoms with Crippen LogP contribution in [0.3, 0.4) is 0 Å². The SMILES string of the molecule is CCN(CCO)CCC(O)c1ccc(C2CCCCC2)cc1. The fourth-order valence-corrected chi connectivity index (χ4v) is 3.47. The number of hydrogen-bond acceptors (Lipinski definition) is 3. The van der Waals surface area contributed by atoms with Crippen LogP contribution in [0.2, 0.25) is 0 Å². The highest BCUT2D eigenvalue weighted by molar-refractivity contribution is 5.27. The Morgan fingerprint density at radius 2 is 1.77 bits per heavy atom. The van der Waals surface area contributed by atoms with E-state index in [1.165, 1.54) is 37.7 Å². The largest absolute Gasteiger partial charge is 0.395 e. The summed E-state index contributed by atoms with van der Waals surface area (Å²) in [5, 5.41) is 19.3. The second-order valence-electron chi connectivity index (χ2n) is 6.46. The molecule has 22 heavy (non-hydrogen) atoms. The minimum atomic E-state index is -0.409. The maximum absolute atomic E-state index is 10.3. The third kappa shape index (κ3) is 5.08. The molecule has 1 saturated carbocycles. The number of hydrogen-bond donors (Lipinski definition) is 2. The number of rotatable bonds is 8. The van der Waals surface area contributed by atoms with E-state index in [1.807, 2.05) is 0 Å². The first-order chi connectivity index (χ1) is 10.7. The van der Waals surface area contributed by atoms with E-state index in [9.17, 15) is 5.11 Å². The molecule has 0 saturated heterocycles. The van der Waals surface area contributed by atoms with Crippen molar-refractivity contribution in [2.45, 2.75) is 57.5 Å². The number of likely N-dealkylation sites (N-methyl/N-ethyl adjacent to an activating group) is 1. The first-order valence-corrected chi connectivity index (χ1v) is 8.85. The Bertz CT molecular complexity index is 412. The van der Waals surface area contributed by atoms with Gasteiger partial charge in [-0.25, -0.2) is 0 Å². The van der Waals surface area contributed by atoms with Gasteiger partial charge in [0, 0.05) is 13.1 Å². The van der Waals surface area contributed by atoms with Crippen LogP contribution < -0.4 is 0 Å². The smallest absolute Gasteiger partial charge is 0.0802 e. The number of aliphatic hydroxyl groups excluding tert-OH is 2. The van der Waals surface area contributed by atoms with Crippen LogP contribution in [0, 0.1) is 0 Å². The minimum absolute atomic E-state index is 0.181. The van der Waals surface area contributed by atoms with Crippen LogP contribution in [0.5, 0.6) is 0 Å². The maximum atomic E-state index is 10.3. The summed E-state index contributed by atoms with van der Waals surface area (Å²) in [6.45, 7) is 4.68. The van der Waals surface area contributed by atoms with Crippen molar-refractivity contribution >= 4 is 0 Å². The molecule has 1 aliphatic rings. The summed E-state index contributed by atoms with van der Waals surface area (Å²) in [6.07, 6.45) is 7.03. The van der Waals surface area contributed by atoms with E-state index < -0.39 is 6.10 Å². The molecule has 0 bridgehead atoms. The average Bonchev–Trinajstić information content (AvgIpc) is 2.59. The summed E-state index contributed by atoms with van der Waals surface area (Å²) in [4.78, 5) is 2.17. The van der Waals surface area contributed by atoms with Gasteiger partial charge < -0.3 is 15.1 Å². The molecule has 124 valence electrons. The van der Waals surface area contributed by atoms with Gasteiger partial charge in [-0.1, -0.05) is 50.5 Å². The Morgan fingerprint density at radius 1 is 1.09 bits per heavy atom. The third-order valence-electron chi connectivity index (χ3n) is 4.98. The first kappa shape index (κ1) is 17.5. The lowest BCUT2D eigenvalue weighted by molar-refractivity contribution is 0.133. The molecule has 0 aliphatic heterocycles. The van der Waals surface area contributed by atoms with Gasteiger partial charge >= 0.3 is 0 Å². The molecule has 1 aromatic rings. The quantitative estimate of drug-likeness (QED) is 0.773. The van der Waals surface area contributed by atoms with Crippen LogP contribution in [0.25, 0.3) is 0 Å². The third-order valence-corrected chi connectivity index (χ3v) is 4.98. The van der Waals surface area contributed by atoms with E-state index >= 15 is 0 Å². The normalized spacial score (nSPS) is 17.8. The zero-order chi connectivity index (χ0) is 15.8. The van der Waals surface area contributed by atoms with Crippen molar-refractivity contribution in [3.63, 3.8) is 0 Å². The number of benzene rings is 1. The molecule has 0 radical (unpaired) electrons. The van der Waals surface area contributed by atoms with E-state index in [2.05, 4.69) is 36.1 Å². The van der Waals surface area contributed by atoms with Crippen molar-refractivity contribution in [3.8, 4) is 0 Å². The van der Waals surface area contributed by atoms with E-state index in [0.717, 1.165) is 31.0 Å². The standard InChI is InChI=1S/C19H31NO2/c1-2-20(14-15-21)13-12-19(22)18-10-8-17(9-11-18)16-6-4-3-5-7-16/h8-11,16,19,21-22H,2-7,12-15H2,1H3. The van der Waals surface area contributed by atoms with E-state index in [1.54, 1.807) is 0 Å².